The van der Waals surface area contributed by atoms with Crippen LogP contribution in [0.25, 0.3) is 87.7 Å². The first-order chi connectivity index (χ1) is 30.8. The summed E-state index contributed by atoms with van der Waals surface area (Å²) in [4.78, 5) is 6.75. The average Bonchev–Trinajstić information content (AvgIpc) is 3.84. The smallest absolute Gasteiger partial charge is 0.241 e. The van der Waals surface area contributed by atoms with E-state index in [2.05, 4.69) is 234 Å². The van der Waals surface area contributed by atoms with Crippen molar-refractivity contribution in [1.29, 1.82) is 0 Å². The summed E-state index contributed by atoms with van der Waals surface area (Å²) in [5.41, 5.74) is 13.1. The number of rotatable bonds is 6. The van der Waals surface area contributed by atoms with Crippen molar-refractivity contribution in [3.05, 3.63) is 236 Å². The van der Waals surface area contributed by atoms with Gasteiger partial charge < -0.3 is 9.13 Å². The van der Waals surface area contributed by atoms with E-state index in [1.54, 1.807) is 0 Å². The first-order valence-electron chi connectivity index (χ1n) is 21.4. The lowest BCUT2D eigenvalue weighted by atomic mass is 9.96. The number of para-hydroxylation sites is 4. The first-order valence-corrected chi connectivity index (χ1v) is 21.4. The number of hydrogen-bond donors (Lipinski definition) is 1. The van der Waals surface area contributed by atoms with Gasteiger partial charge in [0.2, 0.25) is 12.0 Å². The van der Waals surface area contributed by atoms with E-state index in [0.29, 0.717) is 0 Å². The summed E-state index contributed by atoms with van der Waals surface area (Å²) in [5.74, 6) is 1.05. The van der Waals surface area contributed by atoms with Crippen molar-refractivity contribution in [3.63, 3.8) is 0 Å². The van der Waals surface area contributed by atoms with Crippen LogP contribution in [0, 0.1) is 0 Å². The molecular weight excluding hydrogens is 753 g/mol. The lowest BCUT2D eigenvalue weighted by molar-refractivity contribution is -0.792. The molecule has 0 saturated carbocycles. The average molecular weight is 792 g/mol. The Balaban J connectivity index is 1.05. The number of nitrogens with one attached hydrogen (secondary N) is 1. The highest BCUT2D eigenvalue weighted by atomic mass is 15.4. The predicted molar refractivity (Wildman–Crippen MR) is 258 cm³/mol. The molecule has 2 aromatic heterocycles. The van der Waals surface area contributed by atoms with E-state index < -0.39 is 0 Å². The number of benzene rings is 10. The maximum atomic E-state index is 5.49. The fraction of sp³-hybridized carbons (Fsp3) is 0.0172. The Morgan fingerprint density at radius 1 is 0.371 bits per heavy atom. The number of aromatic nitrogens is 2. The summed E-state index contributed by atoms with van der Waals surface area (Å²) < 4.78 is 5.02. The van der Waals surface area contributed by atoms with E-state index >= 15 is 0 Å². The van der Waals surface area contributed by atoms with Gasteiger partial charge in [-0.3, -0.25) is 0 Å². The summed E-state index contributed by atoms with van der Waals surface area (Å²) in [6.07, 6.45) is -0.115. The van der Waals surface area contributed by atoms with Crippen LogP contribution in [-0.4, -0.2) is 15.0 Å². The molecule has 1 N–H and O–H groups in total. The van der Waals surface area contributed by atoms with Crippen molar-refractivity contribution >= 4 is 76.7 Å². The third kappa shape index (κ3) is 5.14. The molecule has 10 aromatic carbocycles. The van der Waals surface area contributed by atoms with Crippen LogP contribution in [0.1, 0.15) is 17.3 Å². The van der Waals surface area contributed by atoms with Gasteiger partial charge in [-0.15, -0.1) is 0 Å². The van der Waals surface area contributed by atoms with Crippen molar-refractivity contribution in [2.75, 3.05) is 0 Å². The van der Waals surface area contributed by atoms with E-state index in [0.717, 1.165) is 17.1 Å². The van der Waals surface area contributed by atoms with Crippen LogP contribution in [0.3, 0.4) is 0 Å². The molecule has 1 aliphatic heterocycles. The van der Waals surface area contributed by atoms with E-state index in [4.69, 9.17) is 4.99 Å². The van der Waals surface area contributed by atoms with Crippen molar-refractivity contribution in [2.24, 2.45) is 4.99 Å². The number of amidine groups is 1. The molecule has 0 bridgehead atoms. The van der Waals surface area contributed by atoms with E-state index in [-0.39, 0.29) is 6.17 Å². The normalized spacial score (nSPS) is 15.2. The Kier molecular flexibility index (Phi) is 7.71. The second kappa shape index (κ2) is 13.7. The topological polar surface area (TPSA) is 26.7 Å². The largest absolute Gasteiger partial charge is 0.309 e. The van der Waals surface area contributed by atoms with Gasteiger partial charge in [0.05, 0.1) is 39.0 Å². The summed E-state index contributed by atoms with van der Waals surface area (Å²) in [5, 5.41) is 9.82. The maximum absolute atomic E-state index is 5.49. The Morgan fingerprint density at radius 3 is 1.65 bits per heavy atom. The molecule has 0 amide bonds. The van der Waals surface area contributed by atoms with Crippen LogP contribution >= 0.6 is 0 Å². The molecule has 13 rings (SSSR count). The highest BCUT2D eigenvalue weighted by Gasteiger charge is 2.42. The molecule has 1 aliphatic rings. The van der Waals surface area contributed by atoms with E-state index in [1.165, 1.54) is 98.1 Å². The molecule has 3 heterocycles. The molecular formula is C58H39N4+. The fourth-order valence-electron chi connectivity index (χ4n) is 10.3. The summed E-state index contributed by atoms with van der Waals surface area (Å²) >= 11 is 0. The van der Waals surface area contributed by atoms with Crippen LogP contribution in [0.2, 0.25) is 0 Å². The van der Waals surface area contributed by atoms with E-state index in [9.17, 15) is 0 Å². The summed E-state index contributed by atoms with van der Waals surface area (Å²) in [7, 11) is 0. The third-order valence-electron chi connectivity index (χ3n) is 13.0. The quantitative estimate of drug-likeness (QED) is 0.174. The molecule has 0 aliphatic carbocycles. The molecule has 290 valence electrons. The van der Waals surface area contributed by atoms with Gasteiger partial charge in [0.15, 0.2) is 0 Å². The van der Waals surface area contributed by atoms with Crippen LogP contribution < -0.4 is 4.90 Å². The van der Waals surface area contributed by atoms with Crippen LogP contribution in [0.5, 0.6) is 0 Å². The van der Waals surface area contributed by atoms with Crippen molar-refractivity contribution in [2.45, 2.75) is 6.17 Å². The van der Waals surface area contributed by atoms with Gasteiger partial charge in [0.25, 0.3) is 0 Å². The minimum Gasteiger partial charge on any atom is -0.309 e. The number of quaternary nitrogens is 1. The zero-order valence-electron chi connectivity index (χ0n) is 33.8. The van der Waals surface area contributed by atoms with Crippen LogP contribution in [-0.2, 0) is 0 Å². The first kappa shape index (κ1) is 34.8. The molecule has 4 heteroatoms. The highest BCUT2D eigenvalue weighted by molar-refractivity contribution is 6.22. The summed E-state index contributed by atoms with van der Waals surface area (Å²) in [6.45, 7) is 0. The standard InChI is InChI=1S/C58H38N4/c1-3-18-38(19-4-1)39-21-17-22-41(36-39)57-59-58(60(57)42-23-5-2-6-24-42)48-34-35-53(45-27-10-9-26-44(45)48)61-52-33-16-13-30-49(52)55-54(61)37-40-20-7-8-25-43(40)56(55)62-50-31-14-11-28-46(50)47-29-12-15-32-51(47)62/h1-37,58H/p+1. The lowest BCUT2D eigenvalue weighted by Gasteiger charge is -2.34. The Morgan fingerprint density at radius 2 is 0.919 bits per heavy atom. The van der Waals surface area contributed by atoms with Gasteiger partial charge in [-0.2, -0.15) is 4.99 Å². The zero-order valence-corrected chi connectivity index (χ0v) is 33.8. The molecule has 0 fully saturated rings. The number of nitrogens with zero attached hydrogens (tertiary/aromatic N) is 3. The molecule has 0 saturated heterocycles. The highest BCUT2D eigenvalue weighted by Crippen LogP contribution is 2.45. The predicted octanol–water partition coefficient (Wildman–Crippen LogP) is 13.5. The monoisotopic (exact) mass is 791 g/mol. The Labute approximate surface area is 358 Å². The minimum absolute atomic E-state index is 0.115. The molecule has 2 atom stereocenters. The van der Waals surface area contributed by atoms with Gasteiger partial charge >= 0.3 is 0 Å². The Bertz CT molecular complexity index is 3710. The third-order valence-corrected chi connectivity index (χ3v) is 13.0. The second-order valence-electron chi connectivity index (χ2n) is 16.4. The number of hydrogen-bond acceptors (Lipinski definition) is 1. The van der Waals surface area contributed by atoms with Gasteiger partial charge in [0.1, 0.15) is 5.69 Å². The molecule has 2 unspecified atom stereocenters. The molecule has 62 heavy (non-hydrogen) atoms. The van der Waals surface area contributed by atoms with Crippen molar-refractivity contribution < 1.29 is 4.90 Å². The van der Waals surface area contributed by atoms with Gasteiger partial charge in [-0.1, -0.05) is 164 Å². The maximum Gasteiger partial charge on any atom is 0.241 e. The van der Waals surface area contributed by atoms with Crippen LogP contribution in [0.15, 0.2) is 229 Å². The molecule has 0 radical (unpaired) electrons. The van der Waals surface area contributed by atoms with Gasteiger partial charge in [-0.05, 0) is 82.6 Å². The zero-order chi connectivity index (χ0) is 40.7. The van der Waals surface area contributed by atoms with Gasteiger partial charge in [0, 0.05) is 37.9 Å². The fourth-order valence-corrected chi connectivity index (χ4v) is 10.3. The number of fused-ring (bicyclic) bond motifs is 8. The van der Waals surface area contributed by atoms with Crippen LogP contribution in [0.4, 0.5) is 5.69 Å². The molecule has 12 aromatic rings. The SMILES string of the molecule is c1ccc(-c2cccc(C3=NC(c4ccc(-n5c6ccccc6c6c(-n7c8ccccc8c8ccccc87)c7ccccc7cc65)c5ccccc45)[NH+]3c3ccccc3)c2)cc1. The van der Waals surface area contributed by atoms with Crippen molar-refractivity contribution in [3.8, 4) is 22.5 Å². The molecule has 4 nitrogen and oxygen atoms in total. The minimum atomic E-state index is -0.115. The van der Waals surface area contributed by atoms with Crippen molar-refractivity contribution in [1.82, 2.24) is 9.13 Å². The lowest BCUT2D eigenvalue weighted by Crippen LogP contribution is -3.14. The molecule has 0 spiro atoms. The Hall–Kier alpha value is -8.05. The van der Waals surface area contributed by atoms with E-state index in [1.807, 2.05) is 0 Å². The number of aliphatic imine (C=N–C) groups is 1. The summed E-state index contributed by atoms with van der Waals surface area (Å²) in [6, 6.07) is 81.7. The van der Waals surface area contributed by atoms with Gasteiger partial charge in [-0.25, -0.2) is 4.90 Å². The second-order valence-corrected chi connectivity index (χ2v) is 16.4.